The minimum atomic E-state index is -0.628. The van der Waals surface area contributed by atoms with Gasteiger partial charge in [-0.3, -0.25) is 5.41 Å². The van der Waals surface area contributed by atoms with Gasteiger partial charge >= 0.3 is 5.97 Å². The molecule has 0 amide bonds. The van der Waals surface area contributed by atoms with Crippen molar-refractivity contribution in [2.75, 3.05) is 7.11 Å². The zero-order valence-corrected chi connectivity index (χ0v) is 7.86. The first-order valence-electron chi connectivity index (χ1n) is 4.14. The number of methoxy groups -OCH3 is 1. The third kappa shape index (κ3) is 2.86. The summed E-state index contributed by atoms with van der Waals surface area (Å²) in [5, 5.41) is 7.28. The number of hydrogen-bond acceptors (Lipinski definition) is 3. The van der Waals surface area contributed by atoms with Gasteiger partial charge < -0.3 is 4.74 Å². The predicted molar refractivity (Wildman–Crippen MR) is 55.2 cm³/mol. The molecule has 0 fully saturated rings. The summed E-state index contributed by atoms with van der Waals surface area (Å²) in [4.78, 5) is 10.8. The van der Waals surface area contributed by atoms with Crippen molar-refractivity contribution < 1.29 is 9.53 Å². The van der Waals surface area contributed by atoms with Gasteiger partial charge in [0.1, 0.15) is 5.71 Å². The SMILES string of the molecule is COC(=O)C(=N)C=Cc1ccccc1. The van der Waals surface area contributed by atoms with E-state index in [0.29, 0.717) is 0 Å². The maximum atomic E-state index is 10.8. The summed E-state index contributed by atoms with van der Waals surface area (Å²) < 4.78 is 4.39. The molecule has 14 heavy (non-hydrogen) atoms. The van der Waals surface area contributed by atoms with E-state index in [2.05, 4.69) is 4.74 Å². The van der Waals surface area contributed by atoms with Crippen molar-refractivity contribution in [3.8, 4) is 0 Å². The molecule has 1 rings (SSSR count). The number of carbonyl (C=O) groups excluding carboxylic acids is 1. The maximum Gasteiger partial charge on any atom is 0.355 e. The lowest BCUT2D eigenvalue weighted by molar-refractivity contribution is -0.132. The highest BCUT2D eigenvalue weighted by Crippen LogP contribution is 2.00. The molecule has 0 aliphatic rings. The van der Waals surface area contributed by atoms with Crippen LogP contribution in [-0.2, 0) is 9.53 Å². The van der Waals surface area contributed by atoms with Gasteiger partial charge in [0.25, 0.3) is 0 Å². The number of ether oxygens (including phenoxy) is 1. The van der Waals surface area contributed by atoms with E-state index in [9.17, 15) is 4.79 Å². The number of hydrogen-bond donors (Lipinski definition) is 1. The Morgan fingerprint density at radius 1 is 1.36 bits per heavy atom. The lowest BCUT2D eigenvalue weighted by Gasteiger charge is -1.94. The Morgan fingerprint density at radius 3 is 2.57 bits per heavy atom. The van der Waals surface area contributed by atoms with Crippen LogP contribution < -0.4 is 0 Å². The molecule has 1 aromatic carbocycles. The number of carbonyl (C=O) groups is 1. The lowest BCUT2D eigenvalue weighted by atomic mass is 10.2. The summed E-state index contributed by atoms with van der Waals surface area (Å²) in [6.07, 6.45) is 3.11. The van der Waals surface area contributed by atoms with Crippen LogP contribution in [0, 0.1) is 5.41 Å². The van der Waals surface area contributed by atoms with Crippen LogP contribution >= 0.6 is 0 Å². The molecule has 0 aliphatic carbocycles. The van der Waals surface area contributed by atoms with Gasteiger partial charge in [-0.05, 0) is 11.6 Å². The molecule has 72 valence electrons. The van der Waals surface area contributed by atoms with E-state index in [1.165, 1.54) is 13.2 Å². The fourth-order valence-electron chi connectivity index (χ4n) is 0.922. The summed E-state index contributed by atoms with van der Waals surface area (Å²) >= 11 is 0. The van der Waals surface area contributed by atoms with Crippen LogP contribution in [0.1, 0.15) is 5.56 Å². The Hall–Kier alpha value is -1.90. The molecular formula is C11H11NO2. The second-order valence-corrected chi connectivity index (χ2v) is 2.65. The molecule has 0 spiro atoms. The minimum Gasteiger partial charge on any atom is -0.464 e. The zero-order chi connectivity index (χ0) is 10.4. The molecular weight excluding hydrogens is 178 g/mol. The van der Waals surface area contributed by atoms with E-state index >= 15 is 0 Å². The smallest absolute Gasteiger partial charge is 0.355 e. The highest BCUT2D eigenvalue weighted by molar-refractivity contribution is 6.40. The van der Waals surface area contributed by atoms with Gasteiger partial charge in [-0.1, -0.05) is 36.4 Å². The zero-order valence-electron chi connectivity index (χ0n) is 7.86. The van der Waals surface area contributed by atoms with Gasteiger partial charge in [-0.2, -0.15) is 0 Å². The first-order chi connectivity index (χ1) is 6.74. The molecule has 0 aromatic heterocycles. The summed E-state index contributed by atoms with van der Waals surface area (Å²) in [6.45, 7) is 0. The molecule has 0 unspecified atom stereocenters. The number of nitrogens with one attached hydrogen (secondary N) is 1. The van der Waals surface area contributed by atoms with E-state index in [0.717, 1.165) is 5.56 Å². The van der Waals surface area contributed by atoms with E-state index in [-0.39, 0.29) is 5.71 Å². The van der Waals surface area contributed by atoms with Crippen molar-refractivity contribution in [2.24, 2.45) is 0 Å². The van der Waals surface area contributed by atoms with Gasteiger partial charge in [0.15, 0.2) is 0 Å². The highest BCUT2D eigenvalue weighted by atomic mass is 16.5. The van der Waals surface area contributed by atoms with Crippen LogP contribution in [0.25, 0.3) is 6.08 Å². The van der Waals surface area contributed by atoms with Gasteiger partial charge in [0, 0.05) is 0 Å². The highest BCUT2D eigenvalue weighted by Gasteiger charge is 2.03. The summed E-state index contributed by atoms with van der Waals surface area (Å²) in [5.41, 5.74) is 0.789. The van der Waals surface area contributed by atoms with Crippen LogP contribution in [0.15, 0.2) is 36.4 Å². The molecule has 0 atom stereocenters. The van der Waals surface area contributed by atoms with E-state index < -0.39 is 5.97 Å². The monoisotopic (exact) mass is 189 g/mol. The number of esters is 1. The second kappa shape index (κ2) is 4.97. The molecule has 0 heterocycles. The standard InChI is InChI=1S/C11H11NO2/c1-14-11(13)10(12)8-7-9-5-3-2-4-6-9/h2-8,12H,1H3. The van der Waals surface area contributed by atoms with Crippen LogP contribution in [0.2, 0.25) is 0 Å². The van der Waals surface area contributed by atoms with Gasteiger partial charge in [-0.25, -0.2) is 4.79 Å². The van der Waals surface area contributed by atoms with Crippen molar-refractivity contribution in [1.82, 2.24) is 0 Å². The third-order valence-electron chi connectivity index (χ3n) is 1.65. The number of rotatable bonds is 3. The summed E-state index contributed by atoms with van der Waals surface area (Å²) in [7, 11) is 1.26. The predicted octanol–water partition coefficient (Wildman–Crippen LogP) is 1.89. The molecule has 0 saturated heterocycles. The first-order valence-corrected chi connectivity index (χ1v) is 4.14. The Balaban J connectivity index is 2.65. The molecule has 0 bridgehead atoms. The first kappa shape index (κ1) is 10.2. The average molecular weight is 189 g/mol. The van der Waals surface area contributed by atoms with E-state index in [1.807, 2.05) is 30.3 Å². The van der Waals surface area contributed by atoms with Gasteiger partial charge in [0.2, 0.25) is 0 Å². The van der Waals surface area contributed by atoms with Crippen molar-refractivity contribution in [1.29, 1.82) is 5.41 Å². The van der Waals surface area contributed by atoms with Crippen LogP contribution in [0.5, 0.6) is 0 Å². The molecule has 0 aliphatic heterocycles. The van der Waals surface area contributed by atoms with Crippen molar-refractivity contribution in [3.63, 3.8) is 0 Å². The molecule has 3 heteroatoms. The minimum absolute atomic E-state index is 0.156. The fourth-order valence-corrected chi connectivity index (χ4v) is 0.922. The topological polar surface area (TPSA) is 50.2 Å². The van der Waals surface area contributed by atoms with Gasteiger partial charge in [-0.15, -0.1) is 0 Å². The average Bonchev–Trinajstić information content (AvgIpc) is 2.26. The van der Waals surface area contributed by atoms with Gasteiger partial charge in [0.05, 0.1) is 7.11 Å². The third-order valence-corrected chi connectivity index (χ3v) is 1.65. The molecule has 1 N–H and O–H groups in total. The molecule has 0 saturated carbocycles. The Morgan fingerprint density at radius 2 is 2.00 bits per heavy atom. The van der Waals surface area contributed by atoms with Crippen molar-refractivity contribution in [3.05, 3.63) is 42.0 Å². The quantitative estimate of drug-likeness (QED) is 0.583. The van der Waals surface area contributed by atoms with E-state index in [1.54, 1.807) is 6.08 Å². The molecule has 0 radical (unpaired) electrons. The fraction of sp³-hybridized carbons (Fsp3) is 0.0909. The second-order valence-electron chi connectivity index (χ2n) is 2.65. The molecule has 1 aromatic rings. The summed E-state index contributed by atoms with van der Waals surface area (Å²) in [5.74, 6) is -0.628. The van der Waals surface area contributed by atoms with E-state index in [4.69, 9.17) is 5.41 Å². The Kier molecular flexibility index (Phi) is 3.61. The molecule has 3 nitrogen and oxygen atoms in total. The number of benzene rings is 1. The Bertz CT molecular complexity index is 355. The summed E-state index contributed by atoms with van der Waals surface area (Å²) in [6, 6.07) is 9.47. The maximum absolute atomic E-state index is 10.8. The van der Waals surface area contributed by atoms with Crippen molar-refractivity contribution >= 4 is 17.8 Å². The Labute approximate surface area is 82.5 Å². The van der Waals surface area contributed by atoms with Crippen LogP contribution in [0.4, 0.5) is 0 Å². The normalized spacial score (nSPS) is 10.1. The lowest BCUT2D eigenvalue weighted by Crippen LogP contribution is -2.11. The largest absolute Gasteiger partial charge is 0.464 e. The van der Waals surface area contributed by atoms with Crippen LogP contribution in [-0.4, -0.2) is 18.8 Å². The van der Waals surface area contributed by atoms with Crippen molar-refractivity contribution in [2.45, 2.75) is 0 Å². The van der Waals surface area contributed by atoms with Crippen LogP contribution in [0.3, 0.4) is 0 Å².